The van der Waals surface area contributed by atoms with Crippen LogP contribution in [0, 0.1) is 17.8 Å². The molecule has 2 aliphatic rings. The first-order valence-corrected chi connectivity index (χ1v) is 8.95. The molecule has 1 heteroatoms. The van der Waals surface area contributed by atoms with Gasteiger partial charge in [0, 0.05) is 6.61 Å². The van der Waals surface area contributed by atoms with Crippen molar-refractivity contribution in [3.8, 4) is 0 Å². The Morgan fingerprint density at radius 1 is 0.842 bits per heavy atom. The Labute approximate surface area is 120 Å². The molecule has 0 amide bonds. The molecule has 0 aliphatic heterocycles. The van der Waals surface area contributed by atoms with Crippen molar-refractivity contribution in [3.05, 3.63) is 0 Å². The number of fused-ring (bicyclic) bond motifs is 1. The van der Waals surface area contributed by atoms with Gasteiger partial charge in [-0.15, -0.1) is 0 Å². The summed E-state index contributed by atoms with van der Waals surface area (Å²) in [6, 6.07) is 0. The minimum Gasteiger partial charge on any atom is -0.378 e. The Hall–Kier alpha value is -0.0400. The highest BCUT2D eigenvalue weighted by atomic mass is 16.5. The molecule has 2 fully saturated rings. The molecule has 4 unspecified atom stereocenters. The maximum atomic E-state index is 5.99. The molecular formula is C18H34O. The maximum absolute atomic E-state index is 5.99. The van der Waals surface area contributed by atoms with Crippen LogP contribution in [-0.4, -0.2) is 12.7 Å². The molecule has 0 saturated heterocycles. The van der Waals surface area contributed by atoms with Crippen LogP contribution in [0.3, 0.4) is 0 Å². The summed E-state index contributed by atoms with van der Waals surface area (Å²) < 4.78 is 5.99. The number of rotatable bonds is 7. The lowest BCUT2D eigenvalue weighted by Crippen LogP contribution is -2.34. The van der Waals surface area contributed by atoms with E-state index in [0.29, 0.717) is 6.10 Å². The molecule has 2 saturated carbocycles. The lowest BCUT2D eigenvalue weighted by molar-refractivity contribution is -0.0195. The third-order valence-electron chi connectivity index (χ3n) is 5.45. The van der Waals surface area contributed by atoms with Crippen molar-refractivity contribution < 1.29 is 4.74 Å². The molecule has 1 nitrogen and oxygen atoms in total. The molecule has 0 aromatic rings. The van der Waals surface area contributed by atoms with E-state index in [2.05, 4.69) is 13.8 Å². The van der Waals surface area contributed by atoms with Crippen LogP contribution in [-0.2, 0) is 4.74 Å². The van der Waals surface area contributed by atoms with Crippen LogP contribution in [0.25, 0.3) is 0 Å². The van der Waals surface area contributed by atoms with Gasteiger partial charge in [0.15, 0.2) is 0 Å². The predicted octanol–water partition coefficient (Wildman–Crippen LogP) is 5.58. The van der Waals surface area contributed by atoms with Crippen molar-refractivity contribution in [2.45, 2.75) is 90.6 Å². The highest BCUT2D eigenvalue weighted by molar-refractivity contribution is 4.86. The van der Waals surface area contributed by atoms with E-state index < -0.39 is 0 Å². The molecule has 0 N–H and O–H groups in total. The topological polar surface area (TPSA) is 9.23 Å². The van der Waals surface area contributed by atoms with Gasteiger partial charge >= 0.3 is 0 Å². The van der Waals surface area contributed by atoms with Crippen molar-refractivity contribution in [3.63, 3.8) is 0 Å². The quantitative estimate of drug-likeness (QED) is 0.547. The summed E-state index contributed by atoms with van der Waals surface area (Å²) in [6.45, 7) is 5.50. The fourth-order valence-electron chi connectivity index (χ4n) is 4.32. The van der Waals surface area contributed by atoms with E-state index in [-0.39, 0.29) is 0 Å². The van der Waals surface area contributed by atoms with Gasteiger partial charge in [-0.3, -0.25) is 0 Å². The average Bonchev–Trinajstić information content (AvgIpc) is 2.45. The third kappa shape index (κ3) is 4.77. The number of hydrogen-bond acceptors (Lipinski definition) is 1. The number of ether oxygens (including phenoxy) is 1. The Balaban J connectivity index is 1.69. The summed E-state index contributed by atoms with van der Waals surface area (Å²) in [4.78, 5) is 0. The fourth-order valence-corrected chi connectivity index (χ4v) is 4.32. The Kier molecular flexibility index (Phi) is 6.70. The van der Waals surface area contributed by atoms with E-state index in [9.17, 15) is 0 Å². The molecule has 0 aromatic carbocycles. The van der Waals surface area contributed by atoms with Crippen molar-refractivity contribution in [1.82, 2.24) is 0 Å². The van der Waals surface area contributed by atoms with Crippen LogP contribution in [0.4, 0.5) is 0 Å². The van der Waals surface area contributed by atoms with Crippen LogP contribution in [0.1, 0.15) is 84.5 Å². The van der Waals surface area contributed by atoms with E-state index in [1.54, 1.807) is 0 Å². The molecular weight excluding hydrogens is 232 g/mol. The predicted molar refractivity (Wildman–Crippen MR) is 82.3 cm³/mol. The van der Waals surface area contributed by atoms with Crippen LogP contribution < -0.4 is 0 Å². The molecule has 2 aliphatic carbocycles. The zero-order valence-corrected chi connectivity index (χ0v) is 13.2. The normalized spacial score (nSPS) is 35.1. The molecule has 0 radical (unpaired) electrons. The van der Waals surface area contributed by atoms with Crippen molar-refractivity contribution in [2.75, 3.05) is 6.61 Å². The Morgan fingerprint density at radius 3 is 2.42 bits per heavy atom. The molecule has 4 atom stereocenters. The maximum Gasteiger partial charge on any atom is 0.0578 e. The summed E-state index contributed by atoms with van der Waals surface area (Å²) in [7, 11) is 0. The van der Waals surface area contributed by atoms with Crippen LogP contribution in [0.15, 0.2) is 0 Å². The van der Waals surface area contributed by atoms with Crippen LogP contribution >= 0.6 is 0 Å². The second kappa shape index (κ2) is 8.29. The van der Waals surface area contributed by atoms with Gasteiger partial charge in [-0.1, -0.05) is 46.0 Å². The zero-order valence-electron chi connectivity index (χ0n) is 13.2. The average molecular weight is 266 g/mol. The van der Waals surface area contributed by atoms with Gasteiger partial charge < -0.3 is 4.74 Å². The smallest absolute Gasteiger partial charge is 0.0578 e. The minimum atomic E-state index is 0.595. The largest absolute Gasteiger partial charge is 0.378 e. The van der Waals surface area contributed by atoms with Crippen molar-refractivity contribution in [2.24, 2.45) is 17.8 Å². The minimum absolute atomic E-state index is 0.595. The summed E-state index contributed by atoms with van der Waals surface area (Å²) in [6.07, 6.45) is 16.2. The monoisotopic (exact) mass is 266 g/mol. The van der Waals surface area contributed by atoms with E-state index in [1.165, 1.54) is 70.6 Å². The van der Waals surface area contributed by atoms with Crippen molar-refractivity contribution >= 4 is 0 Å². The zero-order chi connectivity index (χ0) is 13.5. The van der Waals surface area contributed by atoms with Crippen molar-refractivity contribution in [1.29, 1.82) is 0 Å². The molecule has 0 spiro atoms. The third-order valence-corrected chi connectivity index (χ3v) is 5.45. The first kappa shape index (κ1) is 15.4. The highest BCUT2D eigenvalue weighted by Crippen LogP contribution is 2.44. The lowest BCUT2D eigenvalue weighted by atomic mass is 9.66. The highest BCUT2D eigenvalue weighted by Gasteiger charge is 2.35. The van der Waals surface area contributed by atoms with Gasteiger partial charge in [-0.05, 0) is 56.3 Å². The van der Waals surface area contributed by atoms with Gasteiger partial charge in [0.05, 0.1) is 6.10 Å². The summed E-state index contributed by atoms with van der Waals surface area (Å²) in [5.41, 5.74) is 0. The van der Waals surface area contributed by atoms with E-state index in [0.717, 1.165) is 24.4 Å². The molecule has 0 bridgehead atoms. The summed E-state index contributed by atoms with van der Waals surface area (Å²) in [5.74, 6) is 3.10. The van der Waals surface area contributed by atoms with Gasteiger partial charge in [-0.25, -0.2) is 0 Å². The molecule has 19 heavy (non-hydrogen) atoms. The summed E-state index contributed by atoms with van der Waals surface area (Å²) >= 11 is 0. The van der Waals surface area contributed by atoms with Gasteiger partial charge in [0.2, 0.25) is 0 Å². The Morgan fingerprint density at radius 2 is 1.63 bits per heavy atom. The Bertz CT molecular complexity index is 238. The van der Waals surface area contributed by atoms with Gasteiger partial charge in [-0.2, -0.15) is 0 Å². The molecule has 0 heterocycles. The van der Waals surface area contributed by atoms with Gasteiger partial charge in [0.1, 0.15) is 0 Å². The second-order valence-corrected chi connectivity index (χ2v) is 7.00. The second-order valence-electron chi connectivity index (χ2n) is 7.00. The SMILES string of the molecule is CCCCCC1CCC2CC(OCCC)CCC2C1. The fraction of sp³-hybridized carbons (Fsp3) is 1.00. The van der Waals surface area contributed by atoms with E-state index >= 15 is 0 Å². The molecule has 0 aromatic heterocycles. The van der Waals surface area contributed by atoms with Crippen LogP contribution in [0.2, 0.25) is 0 Å². The molecule has 2 rings (SSSR count). The van der Waals surface area contributed by atoms with Gasteiger partial charge in [0.25, 0.3) is 0 Å². The first-order valence-electron chi connectivity index (χ1n) is 8.95. The van der Waals surface area contributed by atoms with Crippen LogP contribution in [0.5, 0.6) is 0 Å². The number of hydrogen-bond donors (Lipinski definition) is 0. The first-order chi connectivity index (χ1) is 9.33. The molecule has 112 valence electrons. The van der Waals surface area contributed by atoms with E-state index in [1.807, 2.05) is 0 Å². The summed E-state index contributed by atoms with van der Waals surface area (Å²) in [5, 5.41) is 0. The number of unbranched alkanes of at least 4 members (excludes halogenated alkanes) is 2. The standard InChI is InChI=1S/C18H34O/c1-3-5-6-7-15-8-9-17-14-18(19-12-4-2)11-10-16(17)13-15/h15-18H,3-14H2,1-2H3. The van der Waals surface area contributed by atoms with E-state index in [4.69, 9.17) is 4.74 Å². The lowest BCUT2D eigenvalue weighted by Gasteiger charge is -2.42.